The van der Waals surface area contributed by atoms with Crippen LogP contribution in [0.1, 0.15) is 39.0 Å². The van der Waals surface area contributed by atoms with Gasteiger partial charge in [-0.3, -0.25) is 9.59 Å². The lowest BCUT2D eigenvalue weighted by Crippen LogP contribution is -2.61. The molecule has 0 aromatic carbocycles. The summed E-state index contributed by atoms with van der Waals surface area (Å²) in [7, 11) is 0. The molecule has 2 fully saturated rings. The molecule has 2 heterocycles. The Morgan fingerprint density at radius 1 is 1.35 bits per heavy atom. The van der Waals surface area contributed by atoms with Crippen LogP contribution >= 0.6 is 0 Å². The minimum Gasteiger partial charge on any atom is -0.464 e. The fraction of sp³-hybridized carbons (Fsp3) is 0.643. The van der Waals surface area contributed by atoms with Crippen LogP contribution < -0.4 is 0 Å². The van der Waals surface area contributed by atoms with Gasteiger partial charge in [0.05, 0.1) is 12.1 Å². The second-order valence-electron chi connectivity index (χ2n) is 5.49. The zero-order chi connectivity index (χ0) is 14.3. The highest BCUT2D eigenvalue weighted by molar-refractivity contribution is 6.04. The van der Waals surface area contributed by atoms with Crippen molar-refractivity contribution < 1.29 is 19.1 Å². The van der Waals surface area contributed by atoms with E-state index in [9.17, 15) is 14.4 Å². The summed E-state index contributed by atoms with van der Waals surface area (Å²) in [6.45, 7) is 1.97. The van der Waals surface area contributed by atoms with E-state index in [-0.39, 0.29) is 24.8 Å². The number of carbonyl (C=O) groups excluding carboxylic acids is 3. The van der Waals surface area contributed by atoms with Gasteiger partial charge in [0.25, 0.3) is 11.8 Å². The summed E-state index contributed by atoms with van der Waals surface area (Å²) < 4.78 is 5.00. The normalized spacial score (nSPS) is 27.4. The number of amides is 2. The van der Waals surface area contributed by atoms with E-state index in [1.165, 1.54) is 10.0 Å². The van der Waals surface area contributed by atoms with Crippen molar-refractivity contribution in [1.29, 1.82) is 0 Å². The first kappa shape index (κ1) is 13.1. The summed E-state index contributed by atoms with van der Waals surface area (Å²) >= 11 is 0. The van der Waals surface area contributed by atoms with E-state index in [4.69, 9.17) is 4.74 Å². The Morgan fingerprint density at radius 2 is 2.05 bits per heavy atom. The number of hydrogen-bond donors (Lipinski definition) is 0. The van der Waals surface area contributed by atoms with Crippen molar-refractivity contribution in [3.8, 4) is 0 Å². The molecule has 0 aromatic rings. The average Bonchev–Trinajstić information content (AvgIpc) is 2.97. The number of carbonyl (C=O) groups is 3. The van der Waals surface area contributed by atoms with Gasteiger partial charge in [0.2, 0.25) is 0 Å². The third-order valence-electron chi connectivity index (χ3n) is 4.28. The minimum atomic E-state index is -0.805. The molecule has 1 aliphatic carbocycles. The molecule has 2 amide bonds. The van der Waals surface area contributed by atoms with Crippen LogP contribution in [0.3, 0.4) is 0 Å². The van der Waals surface area contributed by atoms with Gasteiger partial charge < -0.3 is 4.74 Å². The Bertz CT molecular complexity index is 493. The minimum absolute atomic E-state index is 0.153. The van der Waals surface area contributed by atoms with E-state index in [0.717, 1.165) is 25.7 Å². The summed E-state index contributed by atoms with van der Waals surface area (Å²) in [5.74, 6) is -1.01. The molecule has 3 aliphatic rings. The first-order valence-corrected chi connectivity index (χ1v) is 7.10. The van der Waals surface area contributed by atoms with Gasteiger partial charge in [-0.05, 0) is 19.8 Å². The van der Waals surface area contributed by atoms with Gasteiger partial charge in [0, 0.05) is 0 Å². The lowest BCUT2D eigenvalue weighted by atomic mass is 9.93. The van der Waals surface area contributed by atoms with Crippen molar-refractivity contribution in [2.24, 2.45) is 0 Å². The number of ether oxygens (including phenoxy) is 1. The Labute approximate surface area is 117 Å². The van der Waals surface area contributed by atoms with Crippen LogP contribution in [0, 0.1) is 0 Å². The predicted molar refractivity (Wildman–Crippen MR) is 69.1 cm³/mol. The number of rotatable bonds is 2. The van der Waals surface area contributed by atoms with E-state index in [2.05, 4.69) is 0 Å². The van der Waals surface area contributed by atoms with Gasteiger partial charge in [-0.2, -0.15) is 0 Å². The van der Waals surface area contributed by atoms with Crippen LogP contribution in [-0.2, 0) is 19.1 Å². The van der Waals surface area contributed by atoms with Gasteiger partial charge in [0.15, 0.2) is 6.04 Å². The highest BCUT2D eigenvalue weighted by Crippen LogP contribution is 2.43. The largest absolute Gasteiger partial charge is 0.464 e. The second-order valence-corrected chi connectivity index (χ2v) is 5.49. The Balaban J connectivity index is 1.99. The molecule has 6 nitrogen and oxygen atoms in total. The van der Waals surface area contributed by atoms with Crippen molar-refractivity contribution in [3.63, 3.8) is 0 Å². The average molecular weight is 278 g/mol. The Hall–Kier alpha value is -1.85. The van der Waals surface area contributed by atoms with E-state index < -0.39 is 17.6 Å². The molecular formula is C14H18N2O4. The molecule has 1 unspecified atom stereocenters. The van der Waals surface area contributed by atoms with Crippen LogP contribution in [-0.4, -0.2) is 46.0 Å². The fourth-order valence-electron chi connectivity index (χ4n) is 3.45. The quantitative estimate of drug-likeness (QED) is 0.425. The van der Waals surface area contributed by atoms with Crippen molar-refractivity contribution in [2.75, 3.05) is 6.61 Å². The van der Waals surface area contributed by atoms with Crippen LogP contribution in [0.2, 0.25) is 0 Å². The monoisotopic (exact) mass is 278 g/mol. The standard InChI is InChI=1S/C14H18N2O4/c1-2-20-13(19)10-5-8-14(6-3-4-7-14)16-12(18)9-11(17)15(10)16/h5,8,10H,2-4,6-7,9H2,1H3. The molecule has 2 aliphatic heterocycles. The summed E-state index contributed by atoms with van der Waals surface area (Å²) in [5, 5.41) is 2.83. The number of esters is 1. The van der Waals surface area contributed by atoms with Gasteiger partial charge in [-0.15, -0.1) is 0 Å². The molecule has 0 radical (unpaired) electrons. The predicted octanol–water partition coefficient (Wildman–Crippen LogP) is 0.777. The number of fused-ring (bicyclic) bond motifs is 2. The molecule has 0 N–H and O–H groups in total. The molecule has 20 heavy (non-hydrogen) atoms. The van der Waals surface area contributed by atoms with Gasteiger partial charge in [0.1, 0.15) is 6.42 Å². The van der Waals surface area contributed by atoms with Crippen molar-refractivity contribution in [2.45, 2.75) is 50.6 Å². The molecular weight excluding hydrogens is 260 g/mol. The SMILES string of the molecule is CCOC(=O)C1C=CC2(CCCC2)N2C(=O)CC(=O)N12. The molecule has 3 rings (SSSR count). The van der Waals surface area contributed by atoms with Crippen LogP contribution in [0.25, 0.3) is 0 Å². The third-order valence-corrected chi connectivity index (χ3v) is 4.28. The molecule has 6 heteroatoms. The highest BCUT2D eigenvalue weighted by Gasteiger charge is 2.54. The zero-order valence-electron chi connectivity index (χ0n) is 11.5. The third kappa shape index (κ3) is 1.74. The van der Waals surface area contributed by atoms with Crippen LogP contribution in [0.4, 0.5) is 0 Å². The maximum Gasteiger partial charge on any atom is 0.335 e. The Morgan fingerprint density at radius 3 is 2.70 bits per heavy atom. The molecule has 1 saturated heterocycles. The van der Waals surface area contributed by atoms with E-state index in [1.54, 1.807) is 13.0 Å². The molecule has 0 bridgehead atoms. The van der Waals surface area contributed by atoms with Crippen LogP contribution in [0.15, 0.2) is 12.2 Å². The zero-order valence-corrected chi connectivity index (χ0v) is 11.5. The molecule has 1 saturated carbocycles. The maximum atomic E-state index is 12.2. The van der Waals surface area contributed by atoms with Gasteiger partial charge in [-0.1, -0.05) is 25.0 Å². The molecule has 108 valence electrons. The van der Waals surface area contributed by atoms with Crippen molar-refractivity contribution in [1.82, 2.24) is 10.0 Å². The second kappa shape index (κ2) is 4.61. The molecule has 1 atom stereocenters. The summed E-state index contributed by atoms with van der Waals surface area (Å²) in [6.07, 6.45) is 7.23. The van der Waals surface area contributed by atoms with E-state index >= 15 is 0 Å². The molecule has 0 aromatic heterocycles. The summed E-state index contributed by atoms with van der Waals surface area (Å²) in [5.41, 5.74) is -0.410. The number of nitrogens with zero attached hydrogens (tertiary/aromatic N) is 2. The number of hydrogen-bond acceptors (Lipinski definition) is 4. The topological polar surface area (TPSA) is 66.9 Å². The first-order valence-electron chi connectivity index (χ1n) is 7.10. The lowest BCUT2D eigenvalue weighted by molar-refractivity contribution is -0.174. The van der Waals surface area contributed by atoms with Crippen molar-refractivity contribution >= 4 is 17.8 Å². The summed E-state index contributed by atoms with van der Waals surface area (Å²) in [4.78, 5) is 36.3. The van der Waals surface area contributed by atoms with E-state index in [1.807, 2.05) is 6.08 Å². The van der Waals surface area contributed by atoms with E-state index in [0.29, 0.717) is 0 Å². The van der Waals surface area contributed by atoms with Crippen LogP contribution in [0.5, 0.6) is 0 Å². The highest BCUT2D eigenvalue weighted by atomic mass is 16.5. The Kier molecular flexibility index (Phi) is 3.03. The first-order chi connectivity index (χ1) is 9.59. The summed E-state index contributed by atoms with van der Waals surface area (Å²) in [6, 6.07) is -0.805. The van der Waals surface area contributed by atoms with Gasteiger partial charge >= 0.3 is 5.97 Å². The fourth-order valence-corrected chi connectivity index (χ4v) is 3.45. The maximum absolute atomic E-state index is 12.2. The molecule has 1 spiro atoms. The smallest absolute Gasteiger partial charge is 0.335 e. The van der Waals surface area contributed by atoms with Gasteiger partial charge in [-0.25, -0.2) is 14.8 Å². The lowest BCUT2D eigenvalue weighted by Gasteiger charge is -2.46. The van der Waals surface area contributed by atoms with Crippen molar-refractivity contribution in [3.05, 3.63) is 12.2 Å². The number of hydrazine groups is 1.